The van der Waals surface area contributed by atoms with Crippen molar-refractivity contribution in [2.75, 3.05) is 13.7 Å². The lowest BCUT2D eigenvalue weighted by atomic mass is 9.86. The van der Waals surface area contributed by atoms with E-state index in [-0.39, 0.29) is 11.2 Å². The highest BCUT2D eigenvalue weighted by Crippen LogP contribution is 2.40. The van der Waals surface area contributed by atoms with Gasteiger partial charge in [0.15, 0.2) is 11.6 Å². The molecule has 6 heteroatoms. The first kappa shape index (κ1) is 14.0. The quantitative estimate of drug-likeness (QED) is 0.937. The molecule has 2 N–H and O–H groups in total. The molecule has 0 radical (unpaired) electrons. The molecule has 1 heterocycles. The zero-order chi connectivity index (χ0) is 14.9. The summed E-state index contributed by atoms with van der Waals surface area (Å²) in [5.41, 5.74) is 6.38. The fraction of sp³-hybridized carbons (Fsp3) is 0.467. The molecule has 1 saturated carbocycles. The fourth-order valence-corrected chi connectivity index (χ4v) is 2.91. The molecular formula is C15H18FN3O2. The molecule has 0 amide bonds. The lowest BCUT2D eigenvalue weighted by Gasteiger charge is -2.21. The van der Waals surface area contributed by atoms with Crippen LogP contribution in [0, 0.1) is 5.82 Å². The van der Waals surface area contributed by atoms with Crippen LogP contribution in [0.1, 0.15) is 31.6 Å². The molecule has 21 heavy (non-hydrogen) atoms. The van der Waals surface area contributed by atoms with E-state index in [2.05, 4.69) is 10.1 Å². The first-order chi connectivity index (χ1) is 10.2. The average molecular weight is 291 g/mol. The number of aromatic nitrogens is 2. The third kappa shape index (κ3) is 2.40. The number of methoxy groups -OCH3 is 1. The van der Waals surface area contributed by atoms with E-state index in [4.69, 9.17) is 15.0 Å². The Kier molecular flexibility index (Phi) is 3.63. The van der Waals surface area contributed by atoms with Crippen LogP contribution in [0.15, 0.2) is 22.7 Å². The fourth-order valence-electron chi connectivity index (χ4n) is 2.91. The molecular weight excluding hydrogens is 273 g/mol. The summed E-state index contributed by atoms with van der Waals surface area (Å²) in [5.74, 6) is 0.760. The van der Waals surface area contributed by atoms with E-state index in [1.807, 2.05) is 0 Å². The van der Waals surface area contributed by atoms with Crippen molar-refractivity contribution in [3.63, 3.8) is 0 Å². The van der Waals surface area contributed by atoms with Gasteiger partial charge in [0.2, 0.25) is 11.7 Å². The maximum Gasteiger partial charge on any atom is 0.234 e. The van der Waals surface area contributed by atoms with Crippen molar-refractivity contribution in [1.82, 2.24) is 10.1 Å². The van der Waals surface area contributed by atoms with Crippen LogP contribution in [-0.2, 0) is 5.41 Å². The van der Waals surface area contributed by atoms with E-state index in [0.29, 0.717) is 23.8 Å². The summed E-state index contributed by atoms with van der Waals surface area (Å²) in [4.78, 5) is 4.47. The molecule has 1 fully saturated rings. The van der Waals surface area contributed by atoms with Gasteiger partial charge in [0.05, 0.1) is 12.5 Å². The zero-order valence-corrected chi connectivity index (χ0v) is 11.9. The van der Waals surface area contributed by atoms with Crippen LogP contribution in [0.4, 0.5) is 4.39 Å². The smallest absolute Gasteiger partial charge is 0.234 e. The molecule has 2 aromatic rings. The largest absolute Gasteiger partial charge is 0.494 e. The molecule has 112 valence electrons. The van der Waals surface area contributed by atoms with Crippen LogP contribution >= 0.6 is 0 Å². The molecule has 0 saturated heterocycles. The number of benzene rings is 1. The number of nitrogens with two attached hydrogens (primary N) is 1. The summed E-state index contributed by atoms with van der Waals surface area (Å²) < 4.78 is 23.8. The standard InChI is InChI=1S/C15H18FN3O2/c1-20-12-8-10(4-5-11(12)16)13-18-14(21-19-13)15(9-17)6-2-3-7-15/h4-5,8H,2-3,6-7,9,17H2,1H3. The highest BCUT2D eigenvalue weighted by molar-refractivity contribution is 5.57. The second-order valence-electron chi connectivity index (χ2n) is 5.46. The Bertz CT molecular complexity index is 636. The second kappa shape index (κ2) is 5.44. The summed E-state index contributed by atoms with van der Waals surface area (Å²) in [7, 11) is 1.42. The van der Waals surface area contributed by atoms with Gasteiger partial charge in [0.1, 0.15) is 0 Å². The van der Waals surface area contributed by atoms with Crippen LogP contribution in [0.25, 0.3) is 11.4 Å². The summed E-state index contributed by atoms with van der Waals surface area (Å²) in [6, 6.07) is 4.50. The number of nitrogens with zero attached hydrogens (tertiary/aromatic N) is 2. The normalized spacial score (nSPS) is 17.1. The average Bonchev–Trinajstić information content (AvgIpc) is 3.17. The Hall–Kier alpha value is -1.95. The first-order valence-corrected chi connectivity index (χ1v) is 7.07. The third-order valence-corrected chi connectivity index (χ3v) is 4.24. The number of rotatable bonds is 4. The SMILES string of the molecule is COc1cc(-c2noc(C3(CN)CCCC3)n2)ccc1F. The van der Waals surface area contributed by atoms with Crippen molar-refractivity contribution in [3.05, 3.63) is 29.9 Å². The molecule has 0 aliphatic heterocycles. The molecule has 0 atom stereocenters. The number of halogens is 1. The Balaban J connectivity index is 1.95. The van der Waals surface area contributed by atoms with Crippen LogP contribution in [0.5, 0.6) is 5.75 Å². The molecule has 0 unspecified atom stereocenters. The van der Waals surface area contributed by atoms with E-state index in [9.17, 15) is 4.39 Å². The second-order valence-corrected chi connectivity index (χ2v) is 5.46. The molecule has 1 aromatic heterocycles. The Morgan fingerprint density at radius 3 is 2.81 bits per heavy atom. The summed E-state index contributed by atoms with van der Waals surface area (Å²) in [6.07, 6.45) is 4.19. The van der Waals surface area contributed by atoms with E-state index in [1.165, 1.54) is 13.2 Å². The lowest BCUT2D eigenvalue weighted by Crippen LogP contribution is -2.32. The summed E-state index contributed by atoms with van der Waals surface area (Å²) >= 11 is 0. The maximum atomic E-state index is 13.4. The molecule has 1 aromatic carbocycles. The van der Waals surface area contributed by atoms with Gasteiger partial charge in [-0.1, -0.05) is 18.0 Å². The highest BCUT2D eigenvalue weighted by Gasteiger charge is 2.39. The van der Waals surface area contributed by atoms with Crippen LogP contribution in [0.3, 0.4) is 0 Å². The first-order valence-electron chi connectivity index (χ1n) is 7.07. The van der Waals surface area contributed by atoms with Crippen molar-refractivity contribution in [2.45, 2.75) is 31.1 Å². The summed E-state index contributed by atoms with van der Waals surface area (Å²) in [5, 5.41) is 4.01. The minimum absolute atomic E-state index is 0.160. The predicted octanol–water partition coefficient (Wildman–Crippen LogP) is 2.65. The molecule has 0 spiro atoms. The van der Waals surface area contributed by atoms with Crippen LogP contribution in [0.2, 0.25) is 0 Å². The van der Waals surface area contributed by atoms with Gasteiger partial charge in [0.25, 0.3) is 0 Å². The van der Waals surface area contributed by atoms with Gasteiger partial charge in [-0.3, -0.25) is 0 Å². The van der Waals surface area contributed by atoms with E-state index in [1.54, 1.807) is 12.1 Å². The number of hydrogen-bond donors (Lipinski definition) is 1. The van der Waals surface area contributed by atoms with Gasteiger partial charge >= 0.3 is 0 Å². The number of ether oxygens (including phenoxy) is 1. The minimum atomic E-state index is -0.417. The van der Waals surface area contributed by atoms with Gasteiger partial charge < -0.3 is 15.0 Å². The predicted molar refractivity (Wildman–Crippen MR) is 75.4 cm³/mol. The van der Waals surface area contributed by atoms with Crippen molar-refractivity contribution in [1.29, 1.82) is 0 Å². The van der Waals surface area contributed by atoms with Crippen molar-refractivity contribution >= 4 is 0 Å². The van der Waals surface area contributed by atoms with Crippen LogP contribution < -0.4 is 10.5 Å². The van der Waals surface area contributed by atoms with Gasteiger partial charge in [-0.2, -0.15) is 4.98 Å². The van der Waals surface area contributed by atoms with Crippen molar-refractivity contribution in [3.8, 4) is 17.1 Å². The third-order valence-electron chi connectivity index (χ3n) is 4.24. The lowest BCUT2D eigenvalue weighted by molar-refractivity contribution is 0.284. The molecule has 1 aliphatic rings. The monoisotopic (exact) mass is 291 g/mol. The Morgan fingerprint density at radius 1 is 1.38 bits per heavy atom. The van der Waals surface area contributed by atoms with Crippen molar-refractivity contribution in [2.24, 2.45) is 5.73 Å². The van der Waals surface area contributed by atoms with Gasteiger partial charge in [-0.15, -0.1) is 0 Å². The molecule has 5 nitrogen and oxygen atoms in total. The highest BCUT2D eigenvalue weighted by atomic mass is 19.1. The van der Waals surface area contributed by atoms with E-state index in [0.717, 1.165) is 25.7 Å². The van der Waals surface area contributed by atoms with E-state index < -0.39 is 5.82 Å². The maximum absolute atomic E-state index is 13.4. The topological polar surface area (TPSA) is 74.2 Å². The van der Waals surface area contributed by atoms with Gasteiger partial charge in [0, 0.05) is 12.1 Å². The molecule has 1 aliphatic carbocycles. The van der Waals surface area contributed by atoms with Gasteiger partial charge in [-0.25, -0.2) is 4.39 Å². The molecule has 3 rings (SSSR count). The van der Waals surface area contributed by atoms with E-state index >= 15 is 0 Å². The van der Waals surface area contributed by atoms with Gasteiger partial charge in [-0.05, 0) is 31.0 Å². The van der Waals surface area contributed by atoms with Crippen molar-refractivity contribution < 1.29 is 13.7 Å². The summed E-state index contributed by atoms with van der Waals surface area (Å²) in [6.45, 7) is 0.501. The number of hydrogen-bond acceptors (Lipinski definition) is 5. The van der Waals surface area contributed by atoms with Crippen LogP contribution in [-0.4, -0.2) is 23.8 Å². The Labute approximate surface area is 122 Å². The Morgan fingerprint density at radius 2 is 2.14 bits per heavy atom. The minimum Gasteiger partial charge on any atom is -0.494 e. The molecule has 0 bridgehead atoms. The zero-order valence-electron chi connectivity index (χ0n) is 11.9.